The first-order valence-electron chi connectivity index (χ1n) is 6.37. The molecular weight excluding hydrogens is 240 g/mol. The number of benzene rings is 1. The lowest BCUT2D eigenvalue weighted by Gasteiger charge is -2.21. The van der Waals surface area contributed by atoms with Crippen molar-refractivity contribution in [2.45, 2.75) is 26.4 Å². The summed E-state index contributed by atoms with van der Waals surface area (Å²) >= 11 is 0. The van der Waals surface area contributed by atoms with Crippen LogP contribution >= 0.6 is 0 Å². The third-order valence-corrected chi connectivity index (χ3v) is 2.98. The van der Waals surface area contributed by atoms with E-state index in [1.54, 1.807) is 29.3 Å². The fourth-order valence-electron chi connectivity index (χ4n) is 1.78. The van der Waals surface area contributed by atoms with Crippen LogP contribution in [-0.2, 0) is 6.54 Å². The van der Waals surface area contributed by atoms with E-state index in [-0.39, 0.29) is 11.9 Å². The van der Waals surface area contributed by atoms with E-state index in [0.717, 1.165) is 0 Å². The van der Waals surface area contributed by atoms with Crippen molar-refractivity contribution in [2.75, 3.05) is 0 Å². The SMILES string of the molecule is CC(C)C(Cn1nccn1)NC(=O)c1ccccc1. The van der Waals surface area contributed by atoms with Crippen LogP contribution in [0, 0.1) is 5.92 Å². The molecule has 0 fully saturated rings. The molecule has 1 heterocycles. The average molecular weight is 258 g/mol. The van der Waals surface area contributed by atoms with Gasteiger partial charge in [0.1, 0.15) is 0 Å². The summed E-state index contributed by atoms with van der Waals surface area (Å²) in [7, 11) is 0. The molecule has 0 aliphatic carbocycles. The number of rotatable bonds is 5. The second kappa shape index (κ2) is 6.13. The second-order valence-corrected chi connectivity index (χ2v) is 4.77. The van der Waals surface area contributed by atoms with Gasteiger partial charge in [-0.1, -0.05) is 32.0 Å². The van der Waals surface area contributed by atoms with Crippen LogP contribution in [0.2, 0.25) is 0 Å². The maximum absolute atomic E-state index is 12.1. The van der Waals surface area contributed by atoms with Crippen LogP contribution in [-0.4, -0.2) is 26.9 Å². The third kappa shape index (κ3) is 3.64. The summed E-state index contributed by atoms with van der Waals surface area (Å²) < 4.78 is 0. The van der Waals surface area contributed by atoms with Gasteiger partial charge in [0.15, 0.2) is 0 Å². The van der Waals surface area contributed by atoms with E-state index in [1.807, 2.05) is 18.2 Å². The lowest BCUT2D eigenvalue weighted by Crippen LogP contribution is -2.42. The summed E-state index contributed by atoms with van der Waals surface area (Å²) in [5.41, 5.74) is 0.668. The predicted molar refractivity (Wildman–Crippen MR) is 72.6 cm³/mol. The van der Waals surface area contributed by atoms with E-state index in [2.05, 4.69) is 29.4 Å². The van der Waals surface area contributed by atoms with Gasteiger partial charge >= 0.3 is 0 Å². The van der Waals surface area contributed by atoms with Crippen LogP contribution in [0.5, 0.6) is 0 Å². The van der Waals surface area contributed by atoms with Crippen molar-refractivity contribution < 1.29 is 4.79 Å². The average Bonchev–Trinajstić information content (AvgIpc) is 2.91. The molecular formula is C14H18N4O. The molecule has 0 spiro atoms. The minimum Gasteiger partial charge on any atom is -0.347 e. The van der Waals surface area contributed by atoms with Gasteiger partial charge in [0.05, 0.1) is 25.0 Å². The van der Waals surface area contributed by atoms with Crippen molar-refractivity contribution in [3.05, 3.63) is 48.3 Å². The topological polar surface area (TPSA) is 59.8 Å². The molecule has 1 aromatic heterocycles. The van der Waals surface area contributed by atoms with Crippen molar-refractivity contribution >= 4 is 5.91 Å². The Kier molecular flexibility index (Phi) is 4.28. The number of amides is 1. The van der Waals surface area contributed by atoms with Crippen LogP contribution < -0.4 is 5.32 Å². The monoisotopic (exact) mass is 258 g/mol. The fraction of sp³-hybridized carbons (Fsp3) is 0.357. The zero-order chi connectivity index (χ0) is 13.7. The molecule has 1 amide bonds. The Morgan fingerprint density at radius 1 is 1.21 bits per heavy atom. The number of carbonyl (C=O) groups excluding carboxylic acids is 1. The van der Waals surface area contributed by atoms with E-state index in [1.165, 1.54) is 0 Å². The minimum atomic E-state index is -0.0635. The van der Waals surface area contributed by atoms with Gasteiger partial charge in [0.2, 0.25) is 0 Å². The molecule has 0 aliphatic heterocycles. The standard InChI is InChI=1S/C14H18N4O/c1-11(2)13(10-18-15-8-9-16-18)17-14(19)12-6-4-3-5-7-12/h3-9,11,13H,10H2,1-2H3,(H,17,19). The van der Waals surface area contributed by atoms with E-state index >= 15 is 0 Å². The summed E-state index contributed by atoms with van der Waals surface area (Å²) in [6.45, 7) is 4.71. The lowest BCUT2D eigenvalue weighted by atomic mass is 10.0. The molecule has 0 saturated heterocycles. The Hall–Kier alpha value is -2.17. The van der Waals surface area contributed by atoms with Crippen molar-refractivity contribution in [3.63, 3.8) is 0 Å². The highest BCUT2D eigenvalue weighted by Gasteiger charge is 2.18. The molecule has 2 rings (SSSR count). The van der Waals surface area contributed by atoms with Crippen molar-refractivity contribution in [1.82, 2.24) is 20.3 Å². The summed E-state index contributed by atoms with van der Waals surface area (Å²) in [5, 5.41) is 11.2. The molecule has 0 bridgehead atoms. The molecule has 1 unspecified atom stereocenters. The molecule has 0 saturated carbocycles. The van der Waals surface area contributed by atoms with Gasteiger partial charge in [-0.3, -0.25) is 4.79 Å². The van der Waals surface area contributed by atoms with Gasteiger partial charge in [-0.15, -0.1) is 0 Å². The first kappa shape index (κ1) is 13.3. The van der Waals surface area contributed by atoms with Gasteiger partial charge in [-0.05, 0) is 18.1 Å². The van der Waals surface area contributed by atoms with Crippen molar-refractivity contribution in [2.24, 2.45) is 5.92 Å². The highest BCUT2D eigenvalue weighted by molar-refractivity contribution is 5.94. The van der Waals surface area contributed by atoms with E-state index in [9.17, 15) is 4.79 Å². The molecule has 19 heavy (non-hydrogen) atoms. The van der Waals surface area contributed by atoms with Crippen molar-refractivity contribution in [3.8, 4) is 0 Å². The second-order valence-electron chi connectivity index (χ2n) is 4.77. The number of nitrogens with one attached hydrogen (secondary N) is 1. The summed E-state index contributed by atoms with van der Waals surface area (Å²) in [4.78, 5) is 13.7. The number of nitrogens with zero attached hydrogens (tertiary/aromatic N) is 3. The van der Waals surface area contributed by atoms with E-state index in [0.29, 0.717) is 18.0 Å². The Bertz CT molecular complexity index is 508. The van der Waals surface area contributed by atoms with E-state index < -0.39 is 0 Å². The molecule has 2 aromatic rings. The fourth-order valence-corrected chi connectivity index (χ4v) is 1.78. The van der Waals surface area contributed by atoms with Crippen LogP contribution in [0.25, 0.3) is 0 Å². The molecule has 5 nitrogen and oxygen atoms in total. The van der Waals surface area contributed by atoms with E-state index in [4.69, 9.17) is 0 Å². The molecule has 100 valence electrons. The van der Waals surface area contributed by atoms with Crippen LogP contribution in [0.4, 0.5) is 0 Å². The molecule has 1 N–H and O–H groups in total. The predicted octanol–water partition coefficient (Wildman–Crippen LogP) is 1.73. The summed E-state index contributed by atoms with van der Waals surface area (Å²) in [5.74, 6) is 0.241. The maximum atomic E-state index is 12.1. The van der Waals surface area contributed by atoms with Crippen molar-refractivity contribution in [1.29, 1.82) is 0 Å². The first-order chi connectivity index (χ1) is 9.16. The molecule has 0 radical (unpaired) electrons. The number of carbonyl (C=O) groups is 1. The molecule has 1 aromatic carbocycles. The van der Waals surface area contributed by atoms with Gasteiger partial charge in [-0.2, -0.15) is 15.0 Å². The quantitative estimate of drug-likeness (QED) is 0.888. The highest BCUT2D eigenvalue weighted by atomic mass is 16.1. The summed E-state index contributed by atoms with van der Waals surface area (Å²) in [6.07, 6.45) is 3.27. The Labute approximate surface area is 112 Å². The summed E-state index contributed by atoms with van der Waals surface area (Å²) in [6, 6.07) is 9.21. The van der Waals surface area contributed by atoms with Gasteiger partial charge in [-0.25, -0.2) is 0 Å². The first-order valence-corrected chi connectivity index (χ1v) is 6.37. The zero-order valence-corrected chi connectivity index (χ0v) is 11.2. The van der Waals surface area contributed by atoms with Gasteiger partial charge in [0.25, 0.3) is 5.91 Å². The normalized spacial score (nSPS) is 12.4. The third-order valence-electron chi connectivity index (χ3n) is 2.98. The number of hydrogen-bond donors (Lipinski definition) is 1. The molecule has 1 atom stereocenters. The Balaban J connectivity index is 2.03. The molecule has 5 heteroatoms. The number of aromatic nitrogens is 3. The van der Waals surface area contributed by atoms with Crippen LogP contribution in [0.1, 0.15) is 24.2 Å². The highest BCUT2D eigenvalue weighted by Crippen LogP contribution is 2.06. The lowest BCUT2D eigenvalue weighted by molar-refractivity contribution is 0.0918. The number of hydrogen-bond acceptors (Lipinski definition) is 3. The van der Waals surface area contributed by atoms with Crippen LogP contribution in [0.3, 0.4) is 0 Å². The largest absolute Gasteiger partial charge is 0.347 e. The van der Waals surface area contributed by atoms with Crippen LogP contribution in [0.15, 0.2) is 42.7 Å². The maximum Gasteiger partial charge on any atom is 0.251 e. The smallest absolute Gasteiger partial charge is 0.251 e. The molecule has 0 aliphatic rings. The Morgan fingerprint density at radius 2 is 1.84 bits per heavy atom. The zero-order valence-electron chi connectivity index (χ0n) is 11.2. The van der Waals surface area contributed by atoms with Gasteiger partial charge in [0, 0.05) is 5.56 Å². The minimum absolute atomic E-state index is 0.0000983. The van der Waals surface area contributed by atoms with Gasteiger partial charge < -0.3 is 5.32 Å². The Morgan fingerprint density at radius 3 is 2.42 bits per heavy atom.